The Bertz CT molecular complexity index is 679. The quantitative estimate of drug-likeness (QED) is 0.710. The van der Waals surface area contributed by atoms with Crippen molar-refractivity contribution >= 4 is 5.82 Å². The van der Waals surface area contributed by atoms with Gasteiger partial charge in [-0.3, -0.25) is 0 Å². The molecule has 0 fully saturated rings. The highest BCUT2D eigenvalue weighted by Gasteiger charge is 2.18. The molecule has 0 saturated carbocycles. The Kier molecular flexibility index (Phi) is 6.33. The van der Waals surface area contributed by atoms with Gasteiger partial charge in [-0.1, -0.05) is 30.3 Å². The number of rotatable bonds is 7. The summed E-state index contributed by atoms with van der Waals surface area (Å²) in [6.07, 6.45) is 1.21. The summed E-state index contributed by atoms with van der Waals surface area (Å²) in [5, 5.41) is 16.8. The first kappa shape index (κ1) is 17.8. The molecule has 1 atom stereocenters. The Labute approximate surface area is 148 Å². The van der Waals surface area contributed by atoms with Gasteiger partial charge in [0, 0.05) is 37.2 Å². The van der Waals surface area contributed by atoms with Crippen molar-refractivity contribution in [1.29, 1.82) is 0 Å². The molecular weight excluding hydrogens is 316 g/mol. The molecule has 0 spiro atoms. The van der Waals surface area contributed by atoms with Crippen LogP contribution in [0.2, 0.25) is 0 Å². The summed E-state index contributed by atoms with van der Waals surface area (Å²) in [7, 11) is 0. The first-order valence-electron chi connectivity index (χ1n) is 8.93. The average molecular weight is 342 g/mol. The lowest BCUT2D eigenvalue weighted by molar-refractivity contribution is 0.0495. The average Bonchev–Trinajstić information content (AvgIpc) is 2.90. The fraction of sp³-hybridized carbons (Fsp3) is 0.474. The molecule has 1 aromatic carbocycles. The maximum Gasteiger partial charge on any atom is 0.161 e. The van der Waals surface area contributed by atoms with Crippen molar-refractivity contribution in [2.24, 2.45) is 0 Å². The predicted octanol–water partition coefficient (Wildman–Crippen LogP) is 1.64. The van der Waals surface area contributed by atoms with Crippen LogP contribution in [0.15, 0.2) is 30.3 Å². The summed E-state index contributed by atoms with van der Waals surface area (Å²) in [4.78, 5) is 9.55. The topological polar surface area (TPSA) is 79.3 Å². The minimum atomic E-state index is -0.561. The molecule has 6 nitrogen and oxygen atoms in total. The van der Waals surface area contributed by atoms with Crippen LogP contribution in [-0.4, -0.2) is 54.0 Å². The molecule has 3 rings (SSSR count). The number of aromatic nitrogens is 2. The largest absolute Gasteiger partial charge is 0.389 e. The molecule has 2 aromatic rings. The second-order valence-electron chi connectivity index (χ2n) is 6.13. The summed E-state index contributed by atoms with van der Waals surface area (Å²) in [5.74, 6) is 1.55. The highest BCUT2D eigenvalue weighted by atomic mass is 16.5. The smallest absolute Gasteiger partial charge is 0.161 e. The van der Waals surface area contributed by atoms with Crippen molar-refractivity contribution < 1.29 is 9.84 Å². The number of nitrogens with zero attached hydrogens (tertiary/aromatic N) is 2. The second kappa shape index (κ2) is 8.89. The van der Waals surface area contributed by atoms with E-state index in [0.717, 1.165) is 54.4 Å². The Morgan fingerprint density at radius 1 is 1.20 bits per heavy atom. The van der Waals surface area contributed by atoms with E-state index in [1.165, 1.54) is 0 Å². The predicted molar refractivity (Wildman–Crippen MR) is 98.7 cm³/mol. The Morgan fingerprint density at radius 2 is 2.00 bits per heavy atom. The number of fused-ring (bicyclic) bond motifs is 1. The number of ether oxygens (including phenoxy) is 1. The summed E-state index contributed by atoms with van der Waals surface area (Å²) in [5.41, 5.74) is 3.23. The first-order valence-corrected chi connectivity index (χ1v) is 8.93. The number of aliphatic hydroxyl groups excluding tert-OH is 1. The highest BCUT2D eigenvalue weighted by molar-refractivity contribution is 5.60. The van der Waals surface area contributed by atoms with E-state index in [1.807, 2.05) is 37.3 Å². The Morgan fingerprint density at radius 3 is 2.80 bits per heavy atom. The van der Waals surface area contributed by atoms with Crippen molar-refractivity contribution in [1.82, 2.24) is 15.3 Å². The van der Waals surface area contributed by atoms with E-state index in [9.17, 15) is 5.11 Å². The van der Waals surface area contributed by atoms with E-state index in [0.29, 0.717) is 19.8 Å². The van der Waals surface area contributed by atoms with Crippen LogP contribution in [0.4, 0.5) is 5.82 Å². The summed E-state index contributed by atoms with van der Waals surface area (Å²) >= 11 is 0. The molecule has 134 valence electrons. The van der Waals surface area contributed by atoms with Gasteiger partial charge in [0.15, 0.2) is 5.82 Å². The molecule has 25 heavy (non-hydrogen) atoms. The molecule has 0 aliphatic carbocycles. The van der Waals surface area contributed by atoms with Crippen molar-refractivity contribution in [3.8, 4) is 11.4 Å². The van der Waals surface area contributed by atoms with E-state index in [1.54, 1.807) is 0 Å². The number of anilines is 1. The molecule has 1 aliphatic rings. The zero-order valence-corrected chi connectivity index (χ0v) is 14.7. The van der Waals surface area contributed by atoms with Gasteiger partial charge in [0.1, 0.15) is 5.82 Å². The van der Waals surface area contributed by atoms with Crippen LogP contribution in [0.3, 0.4) is 0 Å². The van der Waals surface area contributed by atoms with Crippen LogP contribution in [0.25, 0.3) is 11.4 Å². The summed E-state index contributed by atoms with van der Waals surface area (Å²) in [6, 6.07) is 10.0. The van der Waals surface area contributed by atoms with Crippen LogP contribution < -0.4 is 10.6 Å². The normalized spacial score (nSPS) is 15.3. The zero-order valence-electron chi connectivity index (χ0n) is 14.7. The van der Waals surface area contributed by atoms with Gasteiger partial charge in [-0.25, -0.2) is 9.97 Å². The molecule has 1 unspecified atom stereocenters. The number of nitrogens with one attached hydrogen (secondary N) is 2. The van der Waals surface area contributed by atoms with Gasteiger partial charge >= 0.3 is 0 Å². The molecular formula is C19H26N4O2. The van der Waals surface area contributed by atoms with E-state index in [4.69, 9.17) is 14.7 Å². The molecule has 0 radical (unpaired) electrons. The second-order valence-corrected chi connectivity index (χ2v) is 6.13. The van der Waals surface area contributed by atoms with E-state index < -0.39 is 6.10 Å². The fourth-order valence-corrected chi connectivity index (χ4v) is 2.93. The maximum absolute atomic E-state index is 10.0. The Balaban J connectivity index is 1.86. The molecule has 6 heteroatoms. The molecule has 1 aromatic heterocycles. The van der Waals surface area contributed by atoms with Crippen LogP contribution in [0.1, 0.15) is 18.2 Å². The number of hydrogen-bond acceptors (Lipinski definition) is 6. The minimum Gasteiger partial charge on any atom is -0.389 e. The lowest BCUT2D eigenvalue weighted by Crippen LogP contribution is -2.26. The minimum absolute atomic E-state index is 0.323. The fourth-order valence-electron chi connectivity index (χ4n) is 2.93. The van der Waals surface area contributed by atoms with E-state index in [-0.39, 0.29) is 0 Å². The summed E-state index contributed by atoms with van der Waals surface area (Å²) < 4.78 is 5.28. The van der Waals surface area contributed by atoms with Crippen molar-refractivity contribution in [3.63, 3.8) is 0 Å². The van der Waals surface area contributed by atoms with E-state index in [2.05, 4.69) is 10.6 Å². The standard InChI is InChI=1S/C19H26N4O2/c1-2-25-13-15(24)12-21-19-16-8-10-20-11-9-17(16)22-18(23-19)14-6-4-3-5-7-14/h3-7,15,20,24H,2,8-13H2,1H3,(H,21,22,23). The molecule has 0 bridgehead atoms. The SMILES string of the molecule is CCOCC(O)CNc1nc(-c2ccccc2)nc2c1CCNCC2. The lowest BCUT2D eigenvalue weighted by atomic mass is 10.1. The van der Waals surface area contributed by atoms with Crippen LogP contribution in [0.5, 0.6) is 0 Å². The number of hydrogen-bond donors (Lipinski definition) is 3. The third-order valence-electron chi connectivity index (χ3n) is 4.23. The van der Waals surface area contributed by atoms with Gasteiger partial charge in [0.05, 0.1) is 18.4 Å². The molecule has 2 heterocycles. The Hall–Kier alpha value is -2.02. The summed E-state index contributed by atoms with van der Waals surface area (Å²) in [6.45, 7) is 5.09. The highest BCUT2D eigenvalue weighted by Crippen LogP contribution is 2.24. The monoisotopic (exact) mass is 342 g/mol. The van der Waals surface area contributed by atoms with Gasteiger partial charge in [-0.2, -0.15) is 0 Å². The maximum atomic E-state index is 10.0. The zero-order chi connectivity index (χ0) is 17.5. The van der Waals surface area contributed by atoms with Crippen molar-refractivity contribution in [3.05, 3.63) is 41.6 Å². The molecule has 0 saturated heterocycles. The third-order valence-corrected chi connectivity index (χ3v) is 4.23. The number of aliphatic hydroxyl groups is 1. The number of benzene rings is 1. The molecule has 1 aliphatic heterocycles. The van der Waals surface area contributed by atoms with E-state index >= 15 is 0 Å². The van der Waals surface area contributed by atoms with Gasteiger partial charge in [-0.15, -0.1) is 0 Å². The molecule has 0 amide bonds. The van der Waals surface area contributed by atoms with Crippen LogP contribution >= 0.6 is 0 Å². The van der Waals surface area contributed by atoms with Crippen molar-refractivity contribution in [2.75, 3.05) is 38.2 Å². The van der Waals surface area contributed by atoms with Gasteiger partial charge in [0.25, 0.3) is 0 Å². The lowest BCUT2D eigenvalue weighted by Gasteiger charge is -2.17. The van der Waals surface area contributed by atoms with Crippen molar-refractivity contribution in [2.45, 2.75) is 25.9 Å². The third kappa shape index (κ3) is 4.75. The van der Waals surface area contributed by atoms with Gasteiger partial charge < -0.3 is 20.5 Å². The van der Waals surface area contributed by atoms with Crippen LogP contribution in [0, 0.1) is 0 Å². The van der Waals surface area contributed by atoms with Gasteiger partial charge in [-0.05, 0) is 19.9 Å². The molecule has 3 N–H and O–H groups in total. The van der Waals surface area contributed by atoms with Gasteiger partial charge in [0.2, 0.25) is 0 Å². The van der Waals surface area contributed by atoms with Crippen LogP contribution in [-0.2, 0) is 17.6 Å². The first-order chi connectivity index (χ1) is 12.3.